The molecule has 0 saturated carbocycles. The molecule has 2 unspecified atom stereocenters. The normalized spacial score (nSPS) is 22.9. The first kappa shape index (κ1) is 21.4. The zero-order valence-electron chi connectivity index (χ0n) is 17.9. The number of amides is 1. The summed E-state index contributed by atoms with van der Waals surface area (Å²) in [5.74, 6) is 0.387. The van der Waals surface area contributed by atoms with Gasteiger partial charge in [0.15, 0.2) is 15.5 Å². The second kappa shape index (κ2) is 8.46. The van der Waals surface area contributed by atoms with Gasteiger partial charge in [-0.1, -0.05) is 54.6 Å². The van der Waals surface area contributed by atoms with E-state index < -0.39 is 17.1 Å². The summed E-state index contributed by atoms with van der Waals surface area (Å²) >= 11 is 0. The third kappa shape index (κ3) is 3.58. The molecule has 4 nitrogen and oxygen atoms in total. The van der Waals surface area contributed by atoms with E-state index in [-0.39, 0.29) is 29.1 Å². The van der Waals surface area contributed by atoms with Gasteiger partial charge in [-0.3, -0.25) is 4.79 Å². The van der Waals surface area contributed by atoms with Crippen LogP contribution in [0.15, 0.2) is 91.0 Å². The highest BCUT2D eigenvalue weighted by Crippen LogP contribution is 2.62. The number of benzene rings is 3. The predicted molar refractivity (Wildman–Crippen MR) is 132 cm³/mol. The van der Waals surface area contributed by atoms with Gasteiger partial charge in [0, 0.05) is 19.0 Å². The second-order valence-corrected chi connectivity index (χ2v) is 14.5. The van der Waals surface area contributed by atoms with Crippen LogP contribution in [0.25, 0.3) is 0 Å². The Labute approximate surface area is 190 Å². The average molecular weight is 465 g/mol. The topological polar surface area (TPSA) is 54.5 Å². The van der Waals surface area contributed by atoms with Gasteiger partial charge in [-0.2, -0.15) is 0 Å². The van der Waals surface area contributed by atoms with Crippen LogP contribution in [-0.2, 0) is 14.6 Å². The number of rotatable bonds is 5. The van der Waals surface area contributed by atoms with Crippen LogP contribution in [-0.4, -0.2) is 49.0 Å². The largest absolute Gasteiger partial charge is 0.335 e. The summed E-state index contributed by atoms with van der Waals surface area (Å²) in [6.07, 6.45) is 1.29. The van der Waals surface area contributed by atoms with Crippen molar-refractivity contribution in [1.29, 1.82) is 0 Å². The highest BCUT2D eigenvalue weighted by atomic mass is 32.2. The summed E-state index contributed by atoms with van der Waals surface area (Å²) in [5, 5.41) is 3.57. The fraction of sp³-hybridized carbons (Fsp3) is 0.269. The zero-order chi connectivity index (χ0) is 22.2. The quantitative estimate of drug-likeness (QED) is 0.546. The molecule has 3 aromatic carbocycles. The number of hydrogen-bond acceptors (Lipinski definition) is 3. The molecule has 0 aromatic heterocycles. The number of nitrogens with zero attached hydrogens (tertiary/aromatic N) is 1. The summed E-state index contributed by atoms with van der Waals surface area (Å²) in [7, 11) is -5.36. The Morgan fingerprint density at radius 2 is 1.19 bits per heavy atom. The standard InChI is InChI=1S/C26H27NO3PS/c28-26-25(16-18-27(26)21-17-19-32(29,30)20-21)31(22-10-4-1-5-11-22,23-12-6-2-7-13-23)24-14-8-3-9-15-24/h1-15,21,25H,16-20H2/q+1. The molecule has 0 aliphatic carbocycles. The summed E-state index contributed by atoms with van der Waals surface area (Å²) in [5.41, 5.74) is -0.196. The molecule has 5 rings (SSSR count). The lowest BCUT2D eigenvalue weighted by atomic mass is 10.2. The van der Waals surface area contributed by atoms with Crippen molar-refractivity contribution in [3.8, 4) is 0 Å². The van der Waals surface area contributed by atoms with Crippen LogP contribution in [0.5, 0.6) is 0 Å². The Hall–Kier alpha value is -2.49. The van der Waals surface area contributed by atoms with Crippen molar-refractivity contribution >= 4 is 38.9 Å². The molecule has 0 N–H and O–H groups in total. The summed E-state index contributed by atoms with van der Waals surface area (Å²) in [6.45, 7) is 0.623. The molecule has 164 valence electrons. The maximum Gasteiger partial charge on any atom is 0.264 e. The van der Waals surface area contributed by atoms with E-state index in [9.17, 15) is 13.2 Å². The molecule has 2 aliphatic heterocycles. The van der Waals surface area contributed by atoms with Crippen LogP contribution in [0.2, 0.25) is 0 Å². The van der Waals surface area contributed by atoms with Crippen LogP contribution >= 0.6 is 7.26 Å². The van der Waals surface area contributed by atoms with Crippen molar-refractivity contribution in [2.24, 2.45) is 0 Å². The smallest absolute Gasteiger partial charge is 0.264 e. The first-order valence-corrected chi connectivity index (χ1v) is 14.8. The van der Waals surface area contributed by atoms with E-state index in [0.717, 1.165) is 6.42 Å². The SMILES string of the molecule is O=C1C([P+](c2ccccc2)(c2ccccc2)c2ccccc2)CCN1C1CCS(=O)(=O)C1. The molecule has 2 heterocycles. The predicted octanol–water partition coefficient (Wildman–Crippen LogP) is 2.77. The monoisotopic (exact) mass is 464 g/mol. The van der Waals surface area contributed by atoms with E-state index in [1.165, 1.54) is 15.9 Å². The minimum Gasteiger partial charge on any atom is -0.335 e. The van der Waals surface area contributed by atoms with E-state index in [2.05, 4.69) is 72.8 Å². The average Bonchev–Trinajstić information content (AvgIpc) is 3.38. The fourth-order valence-corrected chi connectivity index (χ4v) is 12.0. The number of sulfone groups is 1. The van der Waals surface area contributed by atoms with E-state index in [1.807, 2.05) is 23.1 Å². The van der Waals surface area contributed by atoms with Gasteiger partial charge in [-0.05, 0) is 42.8 Å². The molecular weight excluding hydrogens is 437 g/mol. The number of hydrogen-bond donors (Lipinski definition) is 0. The molecule has 32 heavy (non-hydrogen) atoms. The zero-order valence-corrected chi connectivity index (χ0v) is 19.6. The summed E-state index contributed by atoms with van der Waals surface area (Å²) in [6, 6.07) is 31.1. The summed E-state index contributed by atoms with van der Waals surface area (Å²) in [4.78, 5) is 15.9. The van der Waals surface area contributed by atoms with Crippen molar-refractivity contribution in [2.75, 3.05) is 18.1 Å². The van der Waals surface area contributed by atoms with Crippen molar-refractivity contribution in [3.63, 3.8) is 0 Å². The van der Waals surface area contributed by atoms with Gasteiger partial charge >= 0.3 is 0 Å². The number of carbonyl (C=O) groups excluding carboxylic acids is 1. The molecule has 3 aromatic rings. The number of likely N-dealkylation sites (tertiary alicyclic amines) is 1. The molecular formula is C26H27NO3PS+. The maximum atomic E-state index is 14.0. The Balaban J connectivity index is 1.68. The first-order chi connectivity index (χ1) is 15.5. The highest BCUT2D eigenvalue weighted by Gasteiger charge is 2.59. The molecule has 0 radical (unpaired) electrons. The van der Waals surface area contributed by atoms with E-state index in [0.29, 0.717) is 13.0 Å². The number of carbonyl (C=O) groups is 1. The van der Waals surface area contributed by atoms with Gasteiger partial charge in [0.05, 0.1) is 11.5 Å². The molecule has 6 heteroatoms. The Morgan fingerprint density at radius 1 is 0.719 bits per heavy atom. The van der Waals surface area contributed by atoms with E-state index >= 15 is 0 Å². The van der Waals surface area contributed by atoms with Crippen LogP contribution in [0.3, 0.4) is 0 Å². The van der Waals surface area contributed by atoms with Gasteiger partial charge in [0.2, 0.25) is 0 Å². The Kier molecular flexibility index (Phi) is 5.65. The van der Waals surface area contributed by atoms with Gasteiger partial charge in [-0.15, -0.1) is 0 Å². The van der Waals surface area contributed by atoms with Gasteiger partial charge < -0.3 is 4.90 Å². The van der Waals surface area contributed by atoms with Crippen LogP contribution in [0.4, 0.5) is 0 Å². The third-order valence-corrected chi connectivity index (χ3v) is 13.3. The van der Waals surface area contributed by atoms with Crippen molar-refractivity contribution in [1.82, 2.24) is 4.90 Å². The second-order valence-electron chi connectivity index (χ2n) is 8.62. The van der Waals surface area contributed by atoms with Crippen LogP contribution < -0.4 is 15.9 Å². The summed E-state index contributed by atoms with van der Waals surface area (Å²) < 4.78 is 24.2. The maximum absolute atomic E-state index is 14.0. The molecule has 0 spiro atoms. The molecule has 2 saturated heterocycles. The Morgan fingerprint density at radius 3 is 1.59 bits per heavy atom. The van der Waals surface area contributed by atoms with Crippen molar-refractivity contribution < 1.29 is 13.2 Å². The van der Waals surface area contributed by atoms with Gasteiger partial charge in [0.1, 0.15) is 23.2 Å². The minimum atomic E-state index is -3.05. The lowest BCUT2D eigenvalue weighted by Crippen LogP contribution is -2.45. The van der Waals surface area contributed by atoms with E-state index in [1.54, 1.807) is 0 Å². The van der Waals surface area contributed by atoms with Crippen LogP contribution in [0.1, 0.15) is 12.8 Å². The highest BCUT2D eigenvalue weighted by molar-refractivity contribution is 7.97. The van der Waals surface area contributed by atoms with Gasteiger partial charge in [-0.25, -0.2) is 8.42 Å². The lowest BCUT2D eigenvalue weighted by molar-refractivity contribution is -0.128. The van der Waals surface area contributed by atoms with Crippen molar-refractivity contribution in [3.05, 3.63) is 91.0 Å². The fourth-order valence-electron chi connectivity index (χ4n) is 5.41. The molecule has 2 fully saturated rings. The van der Waals surface area contributed by atoms with Crippen LogP contribution in [0, 0.1) is 0 Å². The molecule has 1 amide bonds. The molecule has 0 bridgehead atoms. The molecule has 2 aliphatic rings. The Bertz CT molecular complexity index is 1100. The first-order valence-electron chi connectivity index (χ1n) is 11.1. The lowest BCUT2D eigenvalue weighted by Gasteiger charge is -2.32. The molecule has 2 atom stereocenters. The van der Waals surface area contributed by atoms with Gasteiger partial charge in [0.25, 0.3) is 5.91 Å². The van der Waals surface area contributed by atoms with Crippen molar-refractivity contribution in [2.45, 2.75) is 24.5 Å². The minimum absolute atomic E-state index is 0.0961. The third-order valence-electron chi connectivity index (χ3n) is 6.82. The van der Waals surface area contributed by atoms with E-state index in [4.69, 9.17) is 0 Å².